The number of carbonyl (C=O) groups is 1. The van der Waals surface area contributed by atoms with Crippen molar-refractivity contribution in [3.05, 3.63) is 35.0 Å². The Morgan fingerprint density at radius 1 is 1.14 bits per heavy atom. The standard InChI is InChI=1S/C27H38N4O5/c1-17-18-13-20-21(34-12-11-33-20)14-19(18)27(9-7-8-10-27)16-31(17)15-22-28-23(30-36-22)26(5,6)29-24(32)35-25(2,3)4/h13-14,17H,7-12,15-16H2,1-6H3,(H,29,32). The number of nitrogens with one attached hydrogen (secondary N) is 1. The molecule has 1 aromatic heterocycles. The van der Waals surface area contributed by atoms with Crippen molar-refractivity contribution in [1.82, 2.24) is 20.4 Å². The summed E-state index contributed by atoms with van der Waals surface area (Å²) in [7, 11) is 0. The molecular formula is C27H38N4O5. The number of aromatic nitrogens is 2. The number of alkyl carbamates (subject to hydrolysis) is 1. The van der Waals surface area contributed by atoms with Gasteiger partial charge < -0.3 is 24.1 Å². The van der Waals surface area contributed by atoms with Gasteiger partial charge in [0, 0.05) is 18.0 Å². The summed E-state index contributed by atoms with van der Waals surface area (Å²) < 4.78 is 22.9. The molecule has 2 aromatic rings. The number of benzene rings is 1. The number of fused-ring (bicyclic) bond motifs is 3. The SMILES string of the molecule is CC1c2cc3c(cc2C2(CCCC2)CN1Cc1nc(C(C)(C)NC(=O)OC(C)(C)C)no1)OCCO3. The van der Waals surface area contributed by atoms with Crippen LogP contribution in [0.1, 0.15) is 96.1 Å². The molecule has 1 N–H and O–H groups in total. The first-order valence-corrected chi connectivity index (χ1v) is 13.0. The topological polar surface area (TPSA) is 99.0 Å². The molecule has 1 fully saturated rings. The summed E-state index contributed by atoms with van der Waals surface area (Å²) in [5, 5.41) is 7.05. The van der Waals surface area contributed by atoms with Crippen molar-refractivity contribution in [3.8, 4) is 11.5 Å². The highest BCUT2D eigenvalue weighted by Crippen LogP contribution is 2.52. The largest absolute Gasteiger partial charge is 0.486 e. The van der Waals surface area contributed by atoms with E-state index in [0.29, 0.717) is 31.5 Å². The first-order chi connectivity index (χ1) is 17.0. The highest BCUT2D eigenvalue weighted by Gasteiger charge is 2.45. The summed E-state index contributed by atoms with van der Waals surface area (Å²) in [5.41, 5.74) is 1.36. The Labute approximate surface area is 212 Å². The Hall–Kier alpha value is -2.81. The van der Waals surface area contributed by atoms with Crippen LogP contribution in [0.5, 0.6) is 11.5 Å². The van der Waals surface area contributed by atoms with E-state index in [1.165, 1.54) is 24.0 Å². The summed E-state index contributed by atoms with van der Waals surface area (Å²) in [6.45, 7) is 14.0. The number of carbonyl (C=O) groups excluding carboxylic acids is 1. The molecule has 1 spiro atoms. The second kappa shape index (κ2) is 8.94. The Bertz CT molecular complexity index is 1130. The quantitative estimate of drug-likeness (QED) is 0.630. The molecule has 3 heterocycles. The lowest BCUT2D eigenvalue weighted by Crippen LogP contribution is -2.46. The average molecular weight is 499 g/mol. The number of hydrogen-bond acceptors (Lipinski definition) is 8. The summed E-state index contributed by atoms with van der Waals surface area (Å²) >= 11 is 0. The summed E-state index contributed by atoms with van der Waals surface area (Å²) in [6, 6.07) is 4.57. The predicted molar refractivity (Wildman–Crippen MR) is 133 cm³/mol. The molecule has 1 amide bonds. The Morgan fingerprint density at radius 2 is 1.81 bits per heavy atom. The fourth-order valence-electron chi connectivity index (χ4n) is 5.75. The minimum absolute atomic E-state index is 0.0953. The molecule has 9 heteroatoms. The van der Waals surface area contributed by atoms with Gasteiger partial charge in [0.25, 0.3) is 0 Å². The van der Waals surface area contributed by atoms with Gasteiger partial charge in [0.05, 0.1) is 6.54 Å². The van der Waals surface area contributed by atoms with Crippen LogP contribution in [-0.4, -0.2) is 46.5 Å². The molecule has 2 aliphatic heterocycles. The molecule has 0 bridgehead atoms. The van der Waals surface area contributed by atoms with Gasteiger partial charge in [-0.05, 0) is 77.6 Å². The third kappa shape index (κ3) is 4.77. The molecule has 3 aliphatic rings. The number of nitrogens with zero attached hydrogens (tertiary/aromatic N) is 3. The zero-order valence-electron chi connectivity index (χ0n) is 22.3. The summed E-state index contributed by atoms with van der Waals surface area (Å²) in [6.07, 6.45) is 4.25. The average Bonchev–Trinajstić information content (AvgIpc) is 3.46. The van der Waals surface area contributed by atoms with E-state index in [1.807, 2.05) is 34.6 Å². The Morgan fingerprint density at radius 3 is 2.47 bits per heavy atom. The van der Waals surface area contributed by atoms with Gasteiger partial charge in [0.15, 0.2) is 17.3 Å². The first kappa shape index (κ1) is 24.9. The first-order valence-electron chi connectivity index (χ1n) is 13.0. The van der Waals surface area contributed by atoms with Crippen molar-refractivity contribution in [1.29, 1.82) is 0 Å². The second-order valence-corrected chi connectivity index (χ2v) is 11.9. The lowest BCUT2D eigenvalue weighted by molar-refractivity contribution is 0.0465. The van der Waals surface area contributed by atoms with Gasteiger partial charge in [-0.25, -0.2) is 4.79 Å². The van der Waals surface area contributed by atoms with Gasteiger partial charge in [-0.2, -0.15) is 4.98 Å². The molecule has 1 saturated carbocycles. The highest BCUT2D eigenvalue weighted by molar-refractivity contribution is 5.68. The minimum atomic E-state index is -0.840. The van der Waals surface area contributed by atoms with Crippen LogP contribution in [0.3, 0.4) is 0 Å². The van der Waals surface area contributed by atoms with E-state index < -0.39 is 17.2 Å². The van der Waals surface area contributed by atoms with E-state index in [9.17, 15) is 4.79 Å². The van der Waals surface area contributed by atoms with Gasteiger partial charge in [-0.3, -0.25) is 4.90 Å². The van der Waals surface area contributed by atoms with Crippen LogP contribution >= 0.6 is 0 Å². The number of ether oxygens (including phenoxy) is 3. The fourth-order valence-corrected chi connectivity index (χ4v) is 5.75. The molecule has 5 rings (SSSR count). The molecule has 1 aliphatic carbocycles. The molecule has 1 unspecified atom stereocenters. The normalized spacial score (nSPS) is 21.3. The Kier molecular flexibility index (Phi) is 6.17. The third-order valence-electron chi connectivity index (χ3n) is 7.53. The molecule has 0 saturated heterocycles. The van der Waals surface area contributed by atoms with E-state index in [0.717, 1.165) is 30.9 Å². The molecule has 1 atom stereocenters. The molecule has 36 heavy (non-hydrogen) atoms. The van der Waals surface area contributed by atoms with Gasteiger partial charge in [-0.1, -0.05) is 18.0 Å². The van der Waals surface area contributed by atoms with Crippen molar-refractivity contribution in [2.45, 2.75) is 96.4 Å². The summed E-state index contributed by atoms with van der Waals surface area (Å²) in [4.78, 5) is 19.4. The van der Waals surface area contributed by atoms with Crippen molar-refractivity contribution in [3.63, 3.8) is 0 Å². The maximum absolute atomic E-state index is 12.3. The van der Waals surface area contributed by atoms with Gasteiger partial charge >= 0.3 is 6.09 Å². The van der Waals surface area contributed by atoms with Crippen molar-refractivity contribution in [2.75, 3.05) is 19.8 Å². The summed E-state index contributed by atoms with van der Waals surface area (Å²) in [5.74, 6) is 2.65. The maximum atomic E-state index is 12.3. The molecule has 196 valence electrons. The van der Waals surface area contributed by atoms with E-state index in [4.69, 9.17) is 18.7 Å². The van der Waals surface area contributed by atoms with Crippen LogP contribution in [0.15, 0.2) is 16.7 Å². The molecule has 0 radical (unpaired) electrons. The van der Waals surface area contributed by atoms with Crippen LogP contribution in [0.25, 0.3) is 0 Å². The predicted octanol–water partition coefficient (Wildman–Crippen LogP) is 4.99. The van der Waals surface area contributed by atoms with Gasteiger partial charge in [0.2, 0.25) is 5.89 Å². The van der Waals surface area contributed by atoms with E-state index in [2.05, 4.69) is 39.4 Å². The minimum Gasteiger partial charge on any atom is -0.486 e. The molecular weight excluding hydrogens is 460 g/mol. The maximum Gasteiger partial charge on any atom is 0.408 e. The van der Waals surface area contributed by atoms with Crippen LogP contribution in [0.2, 0.25) is 0 Å². The van der Waals surface area contributed by atoms with E-state index >= 15 is 0 Å². The number of hydrogen-bond donors (Lipinski definition) is 1. The molecule has 9 nitrogen and oxygen atoms in total. The number of amides is 1. The third-order valence-corrected chi connectivity index (χ3v) is 7.53. The second-order valence-electron chi connectivity index (χ2n) is 11.9. The lowest BCUT2D eigenvalue weighted by atomic mass is 9.71. The number of rotatable bonds is 4. The Balaban J connectivity index is 1.37. The van der Waals surface area contributed by atoms with Gasteiger partial charge in [-0.15, -0.1) is 0 Å². The van der Waals surface area contributed by atoms with Crippen LogP contribution in [0.4, 0.5) is 4.79 Å². The molecule has 1 aromatic carbocycles. The van der Waals surface area contributed by atoms with Gasteiger partial charge in [0.1, 0.15) is 24.4 Å². The van der Waals surface area contributed by atoms with E-state index in [-0.39, 0.29) is 11.5 Å². The monoisotopic (exact) mass is 498 g/mol. The zero-order valence-corrected chi connectivity index (χ0v) is 22.3. The van der Waals surface area contributed by atoms with Crippen LogP contribution in [-0.2, 0) is 22.2 Å². The van der Waals surface area contributed by atoms with E-state index in [1.54, 1.807) is 0 Å². The lowest BCUT2D eigenvalue weighted by Gasteiger charge is -2.46. The van der Waals surface area contributed by atoms with Crippen LogP contribution in [0, 0.1) is 0 Å². The van der Waals surface area contributed by atoms with Crippen LogP contribution < -0.4 is 14.8 Å². The zero-order chi connectivity index (χ0) is 25.7. The highest BCUT2D eigenvalue weighted by atomic mass is 16.6. The van der Waals surface area contributed by atoms with Crippen molar-refractivity contribution < 1.29 is 23.5 Å². The van der Waals surface area contributed by atoms with Crippen molar-refractivity contribution >= 4 is 6.09 Å². The smallest absolute Gasteiger partial charge is 0.408 e. The fraction of sp³-hybridized carbons (Fsp3) is 0.667. The van der Waals surface area contributed by atoms with Crippen molar-refractivity contribution in [2.24, 2.45) is 0 Å².